The lowest BCUT2D eigenvalue weighted by atomic mass is 10.0. The Labute approximate surface area is 137 Å². The Morgan fingerprint density at radius 3 is 2.96 bits per heavy atom. The molecule has 1 aromatic carbocycles. The second-order valence-corrected chi connectivity index (χ2v) is 6.30. The summed E-state index contributed by atoms with van der Waals surface area (Å²) in [5.41, 5.74) is 2.41. The number of nitrogens with one attached hydrogen (secondary N) is 1. The van der Waals surface area contributed by atoms with E-state index in [0.717, 1.165) is 24.8 Å². The normalized spacial score (nSPS) is 24.3. The molecule has 1 aliphatic heterocycles. The summed E-state index contributed by atoms with van der Waals surface area (Å²) in [7, 11) is 0. The van der Waals surface area contributed by atoms with E-state index in [1.165, 1.54) is 12.0 Å². The van der Waals surface area contributed by atoms with Crippen LogP contribution in [0.4, 0.5) is 0 Å². The number of ether oxygens (including phenoxy) is 2. The average molecular weight is 315 g/mol. The largest absolute Gasteiger partial charge is 0.379 e. The lowest BCUT2D eigenvalue weighted by molar-refractivity contribution is -0.126. The molecule has 1 heterocycles. The molecule has 1 N–H and O–H groups in total. The van der Waals surface area contributed by atoms with Gasteiger partial charge in [0.1, 0.15) is 6.10 Å². The summed E-state index contributed by atoms with van der Waals surface area (Å²) in [5, 5.41) is 3.15. The first-order chi connectivity index (χ1) is 11.3. The highest BCUT2D eigenvalue weighted by Gasteiger charge is 2.28. The van der Waals surface area contributed by atoms with E-state index in [9.17, 15) is 4.79 Å². The van der Waals surface area contributed by atoms with Crippen LogP contribution in [0.3, 0.4) is 0 Å². The first-order valence-corrected chi connectivity index (χ1v) is 8.52. The monoisotopic (exact) mass is 315 g/mol. The van der Waals surface area contributed by atoms with Crippen LogP contribution in [0, 0.1) is 0 Å². The van der Waals surface area contributed by atoms with E-state index < -0.39 is 0 Å². The molecule has 4 nitrogen and oxygen atoms in total. The molecule has 1 amide bonds. The molecule has 1 aromatic rings. The Bertz CT molecular complexity index is 541. The van der Waals surface area contributed by atoms with E-state index in [2.05, 4.69) is 11.4 Å². The highest BCUT2D eigenvalue weighted by atomic mass is 16.5. The number of hydrogen-bond donors (Lipinski definition) is 1. The van der Waals surface area contributed by atoms with Gasteiger partial charge in [-0.05, 0) is 31.2 Å². The fourth-order valence-corrected chi connectivity index (χ4v) is 3.18. The zero-order valence-corrected chi connectivity index (χ0v) is 13.5. The zero-order chi connectivity index (χ0) is 15.9. The Morgan fingerprint density at radius 1 is 1.30 bits per heavy atom. The molecule has 124 valence electrons. The fourth-order valence-electron chi connectivity index (χ4n) is 3.18. The SMILES string of the molecule is O=C(CC1=CCCC1)N[C@@H]1CCOC[C@H]1OCc1ccccc1. The molecule has 3 rings (SSSR count). The van der Waals surface area contributed by atoms with Gasteiger partial charge in [0.15, 0.2) is 0 Å². The molecular weight excluding hydrogens is 290 g/mol. The molecule has 2 aliphatic rings. The van der Waals surface area contributed by atoms with Gasteiger partial charge < -0.3 is 14.8 Å². The Hall–Kier alpha value is -1.65. The first kappa shape index (κ1) is 16.2. The average Bonchev–Trinajstić information content (AvgIpc) is 3.08. The number of hydrogen-bond acceptors (Lipinski definition) is 3. The van der Waals surface area contributed by atoms with Crippen molar-refractivity contribution in [2.45, 2.75) is 50.9 Å². The van der Waals surface area contributed by atoms with E-state index in [4.69, 9.17) is 9.47 Å². The van der Waals surface area contributed by atoms with Gasteiger partial charge in [-0.3, -0.25) is 4.79 Å². The molecule has 0 radical (unpaired) electrons. The minimum absolute atomic E-state index is 0.0435. The summed E-state index contributed by atoms with van der Waals surface area (Å²) in [6.07, 6.45) is 6.82. The molecule has 0 unspecified atom stereocenters. The molecule has 0 saturated carbocycles. The van der Waals surface area contributed by atoms with Crippen LogP contribution >= 0.6 is 0 Å². The van der Waals surface area contributed by atoms with E-state index in [0.29, 0.717) is 26.2 Å². The highest BCUT2D eigenvalue weighted by Crippen LogP contribution is 2.21. The minimum atomic E-state index is -0.0783. The minimum Gasteiger partial charge on any atom is -0.379 e. The molecule has 23 heavy (non-hydrogen) atoms. The molecule has 0 aromatic heterocycles. The number of carbonyl (C=O) groups excluding carboxylic acids is 1. The second kappa shape index (κ2) is 8.27. The van der Waals surface area contributed by atoms with Gasteiger partial charge in [0, 0.05) is 13.0 Å². The predicted octanol–water partition coefficient (Wildman–Crippen LogP) is 2.98. The number of amides is 1. The number of carbonyl (C=O) groups is 1. The molecule has 1 fully saturated rings. The van der Waals surface area contributed by atoms with Crippen LogP contribution < -0.4 is 5.32 Å². The lowest BCUT2D eigenvalue weighted by Crippen LogP contribution is -2.49. The van der Waals surface area contributed by atoms with E-state index in [-0.39, 0.29) is 18.1 Å². The van der Waals surface area contributed by atoms with E-state index in [1.54, 1.807) is 0 Å². The second-order valence-electron chi connectivity index (χ2n) is 6.30. The standard InChI is InChI=1S/C19H25NO3/c21-19(12-15-6-4-5-7-15)20-17-10-11-22-14-18(17)23-13-16-8-2-1-3-9-16/h1-3,6,8-9,17-18H,4-5,7,10-14H2,(H,20,21)/t17-,18-/m1/s1. The van der Waals surface area contributed by atoms with Crippen molar-refractivity contribution in [1.29, 1.82) is 0 Å². The third-order valence-corrected chi connectivity index (χ3v) is 4.48. The Kier molecular flexibility index (Phi) is 5.83. The first-order valence-electron chi connectivity index (χ1n) is 8.52. The van der Waals surface area contributed by atoms with Crippen LogP contribution in [0.2, 0.25) is 0 Å². The van der Waals surface area contributed by atoms with Crippen molar-refractivity contribution in [3.8, 4) is 0 Å². The third kappa shape index (κ3) is 4.91. The van der Waals surface area contributed by atoms with Crippen LogP contribution in [0.25, 0.3) is 0 Å². The number of rotatable bonds is 6. The van der Waals surface area contributed by atoms with Crippen molar-refractivity contribution in [1.82, 2.24) is 5.32 Å². The van der Waals surface area contributed by atoms with Gasteiger partial charge in [0.05, 0.1) is 19.3 Å². The molecule has 1 aliphatic carbocycles. The van der Waals surface area contributed by atoms with Crippen molar-refractivity contribution in [3.63, 3.8) is 0 Å². The van der Waals surface area contributed by atoms with E-state index >= 15 is 0 Å². The molecule has 0 spiro atoms. The summed E-state index contributed by atoms with van der Waals surface area (Å²) < 4.78 is 11.5. The molecule has 2 atom stereocenters. The topological polar surface area (TPSA) is 47.6 Å². The van der Waals surface area contributed by atoms with Gasteiger partial charge in [-0.15, -0.1) is 0 Å². The van der Waals surface area contributed by atoms with Gasteiger partial charge in [-0.1, -0.05) is 42.0 Å². The summed E-state index contributed by atoms with van der Waals surface area (Å²) in [6, 6.07) is 10.1. The van der Waals surface area contributed by atoms with Gasteiger partial charge >= 0.3 is 0 Å². The van der Waals surface area contributed by atoms with Crippen LogP contribution in [0.15, 0.2) is 42.0 Å². The maximum absolute atomic E-state index is 12.2. The number of allylic oxidation sites excluding steroid dienone is 1. The van der Waals surface area contributed by atoms with E-state index in [1.807, 2.05) is 30.3 Å². The van der Waals surface area contributed by atoms with Crippen molar-refractivity contribution >= 4 is 5.91 Å². The summed E-state index contributed by atoms with van der Waals surface area (Å²) in [6.45, 7) is 1.77. The van der Waals surface area contributed by atoms with Crippen molar-refractivity contribution < 1.29 is 14.3 Å². The summed E-state index contributed by atoms with van der Waals surface area (Å²) >= 11 is 0. The maximum Gasteiger partial charge on any atom is 0.224 e. The quantitative estimate of drug-likeness (QED) is 0.821. The lowest BCUT2D eigenvalue weighted by Gasteiger charge is -2.32. The van der Waals surface area contributed by atoms with Crippen LogP contribution in [-0.2, 0) is 20.9 Å². The molecule has 1 saturated heterocycles. The van der Waals surface area contributed by atoms with Crippen LogP contribution in [-0.4, -0.2) is 31.3 Å². The van der Waals surface area contributed by atoms with Crippen molar-refractivity contribution in [3.05, 3.63) is 47.5 Å². The van der Waals surface area contributed by atoms with Gasteiger partial charge in [-0.25, -0.2) is 0 Å². The predicted molar refractivity (Wildman–Crippen MR) is 88.9 cm³/mol. The van der Waals surface area contributed by atoms with Crippen LogP contribution in [0.5, 0.6) is 0 Å². The van der Waals surface area contributed by atoms with Gasteiger partial charge in [-0.2, -0.15) is 0 Å². The van der Waals surface area contributed by atoms with Gasteiger partial charge in [0.2, 0.25) is 5.91 Å². The van der Waals surface area contributed by atoms with Crippen molar-refractivity contribution in [2.75, 3.05) is 13.2 Å². The molecular formula is C19H25NO3. The Balaban J connectivity index is 1.50. The smallest absolute Gasteiger partial charge is 0.224 e. The zero-order valence-electron chi connectivity index (χ0n) is 13.5. The fraction of sp³-hybridized carbons (Fsp3) is 0.526. The Morgan fingerprint density at radius 2 is 2.17 bits per heavy atom. The molecule has 4 heteroatoms. The molecule has 0 bridgehead atoms. The van der Waals surface area contributed by atoms with Crippen LogP contribution in [0.1, 0.15) is 37.7 Å². The number of benzene rings is 1. The van der Waals surface area contributed by atoms with Gasteiger partial charge in [0.25, 0.3) is 0 Å². The summed E-state index contributed by atoms with van der Waals surface area (Å²) in [4.78, 5) is 12.2. The highest BCUT2D eigenvalue weighted by molar-refractivity contribution is 5.79. The third-order valence-electron chi connectivity index (χ3n) is 4.48. The maximum atomic E-state index is 12.2. The summed E-state index contributed by atoms with van der Waals surface area (Å²) in [5.74, 6) is 0.110. The van der Waals surface area contributed by atoms with Crippen molar-refractivity contribution in [2.24, 2.45) is 0 Å².